The van der Waals surface area contributed by atoms with Gasteiger partial charge in [0.25, 0.3) is 10.0 Å². The van der Waals surface area contributed by atoms with Gasteiger partial charge in [-0.25, -0.2) is 8.42 Å². The van der Waals surface area contributed by atoms with E-state index in [9.17, 15) is 18.0 Å². The van der Waals surface area contributed by atoms with Crippen LogP contribution >= 0.6 is 15.9 Å². The highest BCUT2D eigenvalue weighted by Crippen LogP contribution is 2.34. The Morgan fingerprint density at radius 3 is 2.17 bits per heavy atom. The number of carbonyl (C=O) groups is 2. The largest absolute Gasteiger partial charge is 0.495 e. The van der Waals surface area contributed by atoms with Crippen molar-refractivity contribution in [3.05, 3.63) is 124 Å². The molecule has 1 atom stereocenters. The van der Waals surface area contributed by atoms with E-state index in [1.165, 1.54) is 24.1 Å². The van der Waals surface area contributed by atoms with Crippen molar-refractivity contribution >= 4 is 43.5 Å². The van der Waals surface area contributed by atoms with Gasteiger partial charge in [0.05, 0.1) is 17.7 Å². The highest BCUT2D eigenvalue weighted by molar-refractivity contribution is 9.10. The van der Waals surface area contributed by atoms with E-state index in [0.717, 1.165) is 51.2 Å². The predicted molar refractivity (Wildman–Crippen MR) is 188 cm³/mol. The van der Waals surface area contributed by atoms with E-state index in [4.69, 9.17) is 4.74 Å². The Labute approximate surface area is 285 Å². The zero-order valence-corrected chi connectivity index (χ0v) is 29.0. The summed E-state index contributed by atoms with van der Waals surface area (Å²) in [5, 5.41) is 3.20. The Hall–Kier alpha value is -4.15. The predicted octanol–water partition coefficient (Wildman–Crippen LogP) is 6.66. The number of carbonyl (C=O) groups excluding carboxylic acids is 2. The molecule has 1 N–H and O–H groups in total. The van der Waals surface area contributed by atoms with Gasteiger partial charge in [-0.05, 0) is 72.9 Å². The molecule has 246 valence electrons. The molecule has 1 fully saturated rings. The normalized spacial score (nSPS) is 13.9. The van der Waals surface area contributed by atoms with E-state index >= 15 is 0 Å². The first-order chi connectivity index (χ1) is 22.7. The van der Waals surface area contributed by atoms with Crippen molar-refractivity contribution in [3.63, 3.8) is 0 Å². The fraction of sp³-hybridized carbons (Fsp3) is 0.297. The number of nitrogens with one attached hydrogen (secondary N) is 1. The standard InChI is InChI=1S/C37H40BrN3O5S/c1-27-17-22-35(46-2)33(23-27)41(47(44,45)32-15-7-4-8-16-32)26-36(42)40(25-29-18-20-30(38)21-19-29)34(24-28-11-5-3-6-12-28)37(43)39-31-13-9-10-14-31/h3-8,11-12,15-23,31,34H,9-10,13-14,24-26H2,1-2H3,(H,39,43). The maximum Gasteiger partial charge on any atom is 0.264 e. The molecule has 1 unspecified atom stereocenters. The second kappa shape index (κ2) is 15.6. The molecule has 2 amide bonds. The molecule has 1 saturated carbocycles. The van der Waals surface area contributed by atoms with Crippen molar-refractivity contribution in [1.29, 1.82) is 0 Å². The fourth-order valence-electron chi connectivity index (χ4n) is 5.94. The van der Waals surface area contributed by atoms with Crippen LogP contribution in [0.4, 0.5) is 5.69 Å². The summed E-state index contributed by atoms with van der Waals surface area (Å²) >= 11 is 3.48. The molecule has 10 heteroatoms. The van der Waals surface area contributed by atoms with Gasteiger partial charge in [-0.3, -0.25) is 13.9 Å². The smallest absolute Gasteiger partial charge is 0.264 e. The van der Waals surface area contributed by atoms with Gasteiger partial charge in [0, 0.05) is 23.5 Å². The van der Waals surface area contributed by atoms with Gasteiger partial charge in [0.2, 0.25) is 11.8 Å². The second-order valence-corrected chi connectivity index (χ2v) is 14.6. The Bertz CT molecular complexity index is 1760. The van der Waals surface area contributed by atoms with Crippen LogP contribution in [0.25, 0.3) is 0 Å². The maximum absolute atomic E-state index is 14.7. The zero-order valence-electron chi connectivity index (χ0n) is 26.6. The molecule has 47 heavy (non-hydrogen) atoms. The van der Waals surface area contributed by atoms with E-state index < -0.39 is 28.5 Å². The summed E-state index contributed by atoms with van der Waals surface area (Å²) in [6, 6.07) is 29.5. The summed E-state index contributed by atoms with van der Waals surface area (Å²) in [7, 11) is -2.77. The third kappa shape index (κ3) is 8.61. The molecule has 0 bridgehead atoms. The van der Waals surface area contributed by atoms with Gasteiger partial charge in [-0.2, -0.15) is 0 Å². The Balaban J connectivity index is 1.59. The molecule has 0 saturated heterocycles. The van der Waals surface area contributed by atoms with Crippen molar-refractivity contribution in [2.24, 2.45) is 0 Å². The summed E-state index contributed by atoms with van der Waals surface area (Å²) in [5.74, 6) is -0.461. The number of ether oxygens (including phenoxy) is 1. The first-order valence-electron chi connectivity index (χ1n) is 15.8. The number of halogens is 1. The molecular weight excluding hydrogens is 678 g/mol. The Kier molecular flexibility index (Phi) is 11.4. The quantitative estimate of drug-likeness (QED) is 0.167. The average molecular weight is 719 g/mol. The molecule has 0 spiro atoms. The van der Waals surface area contributed by atoms with E-state index in [0.29, 0.717) is 5.75 Å². The third-order valence-electron chi connectivity index (χ3n) is 8.45. The molecular formula is C37H40BrN3O5S. The lowest BCUT2D eigenvalue weighted by atomic mass is 10.0. The number of amides is 2. The van der Waals surface area contributed by atoms with Crippen LogP contribution in [0.3, 0.4) is 0 Å². The van der Waals surface area contributed by atoms with E-state index in [1.807, 2.05) is 67.6 Å². The molecule has 1 aliphatic rings. The highest BCUT2D eigenvalue weighted by atomic mass is 79.9. The van der Waals surface area contributed by atoms with Crippen LogP contribution in [0.2, 0.25) is 0 Å². The van der Waals surface area contributed by atoms with Crippen molar-refractivity contribution < 1.29 is 22.7 Å². The van der Waals surface area contributed by atoms with Crippen molar-refractivity contribution in [3.8, 4) is 5.75 Å². The van der Waals surface area contributed by atoms with Gasteiger partial charge in [0.1, 0.15) is 18.3 Å². The van der Waals surface area contributed by atoms with Crippen molar-refractivity contribution in [1.82, 2.24) is 10.2 Å². The Morgan fingerprint density at radius 1 is 0.894 bits per heavy atom. The highest BCUT2D eigenvalue weighted by Gasteiger charge is 2.36. The number of benzene rings is 4. The van der Waals surface area contributed by atoms with E-state index in [1.54, 1.807) is 30.3 Å². The third-order valence-corrected chi connectivity index (χ3v) is 10.8. The van der Waals surface area contributed by atoms with E-state index in [2.05, 4.69) is 21.2 Å². The summed E-state index contributed by atoms with van der Waals surface area (Å²) in [6.07, 6.45) is 4.13. The average Bonchev–Trinajstić information content (AvgIpc) is 3.59. The van der Waals surface area contributed by atoms with Crippen molar-refractivity contribution in [2.45, 2.75) is 62.6 Å². The number of hydrogen-bond donors (Lipinski definition) is 1. The number of aryl methyl sites for hydroxylation is 1. The number of hydrogen-bond acceptors (Lipinski definition) is 5. The van der Waals surface area contributed by atoms with Crippen LogP contribution in [0, 0.1) is 6.92 Å². The minimum Gasteiger partial charge on any atom is -0.495 e. The van der Waals surface area contributed by atoms with Crippen LogP contribution in [0.1, 0.15) is 42.4 Å². The minimum atomic E-state index is -4.23. The van der Waals surface area contributed by atoms with Gasteiger partial charge >= 0.3 is 0 Å². The molecule has 0 aliphatic heterocycles. The topological polar surface area (TPSA) is 96.0 Å². The number of rotatable bonds is 13. The zero-order chi connectivity index (χ0) is 33.4. The fourth-order valence-corrected chi connectivity index (χ4v) is 7.64. The first kappa shape index (κ1) is 34.2. The number of anilines is 1. The minimum absolute atomic E-state index is 0.0376. The summed E-state index contributed by atoms with van der Waals surface area (Å²) in [6.45, 7) is 1.41. The van der Waals surface area contributed by atoms with Gasteiger partial charge in [-0.1, -0.05) is 95.5 Å². The lowest BCUT2D eigenvalue weighted by Crippen LogP contribution is -2.54. The molecule has 0 radical (unpaired) electrons. The molecule has 1 aliphatic carbocycles. The van der Waals surface area contributed by atoms with Crippen LogP contribution in [0.5, 0.6) is 5.75 Å². The second-order valence-electron chi connectivity index (χ2n) is 11.8. The summed E-state index contributed by atoms with van der Waals surface area (Å²) in [4.78, 5) is 30.4. The van der Waals surface area contributed by atoms with Crippen LogP contribution in [-0.2, 0) is 32.6 Å². The van der Waals surface area contributed by atoms with Crippen molar-refractivity contribution in [2.75, 3.05) is 18.0 Å². The molecule has 5 rings (SSSR count). The number of methoxy groups -OCH3 is 1. The summed E-state index contributed by atoms with van der Waals surface area (Å²) < 4.78 is 36.2. The molecule has 0 aromatic heterocycles. The van der Waals surface area contributed by atoms with Crippen LogP contribution in [-0.4, -0.2) is 50.9 Å². The Morgan fingerprint density at radius 2 is 1.53 bits per heavy atom. The van der Waals surface area contributed by atoms with Crippen LogP contribution < -0.4 is 14.4 Å². The van der Waals surface area contributed by atoms with Gasteiger partial charge in [-0.15, -0.1) is 0 Å². The molecule has 4 aromatic carbocycles. The lowest BCUT2D eigenvalue weighted by Gasteiger charge is -2.34. The van der Waals surface area contributed by atoms with Crippen LogP contribution in [0.15, 0.2) is 112 Å². The lowest BCUT2D eigenvalue weighted by molar-refractivity contribution is -0.140. The maximum atomic E-state index is 14.7. The van der Waals surface area contributed by atoms with Gasteiger partial charge in [0.15, 0.2) is 0 Å². The molecule has 4 aromatic rings. The molecule has 8 nitrogen and oxygen atoms in total. The van der Waals surface area contributed by atoms with E-state index in [-0.39, 0.29) is 35.5 Å². The summed E-state index contributed by atoms with van der Waals surface area (Å²) in [5.41, 5.74) is 2.73. The first-order valence-corrected chi connectivity index (χ1v) is 18.0. The van der Waals surface area contributed by atoms with Gasteiger partial charge < -0.3 is 15.0 Å². The monoisotopic (exact) mass is 717 g/mol. The SMILES string of the molecule is COc1ccc(C)cc1N(CC(=O)N(Cc1ccc(Br)cc1)C(Cc1ccccc1)C(=O)NC1CCCC1)S(=O)(=O)c1ccccc1. The number of nitrogens with zero attached hydrogens (tertiary/aromatic N) is 2. The number of sulfonamides is 1. The molecule has 0 heterocycles.